The summed E-state index contributed by atoms with van der Waals surface area (Å²) in [6.45, 7) is 1.15. The van der Waals surface area contributed by atoms with Crippen molar-refractivity contribution in [1.29, 1.82) is 0 Å². The normalized spacial score (nSPS) is 29.2. The second-order valence-corrected chi connectivity index (χ2v) is 3.46. The third kappa shape index (κ3) is 0.686. The van der Waals surface area contributed by atoms with Crippen LogP contribution in [0.25, 0.3) is 0 Å². The van der Waals surface area contributed by atoms with Crippen LogP contribution in [0, 0.1) is 5.92 Å². The average molecular weight is 108 g/mol. The molecule has 0 radical (unpaired) electrons. The monoisotopic (exact) mass is 108 g/mol. The maximum Gasteiger partial charge on any atom is 0.139 e. The molecule has 3 aliphatic rings. The van der Waals surface area contributed by atoms with Crippen molar-refractivity contribution in [3.63, 3.8) is 0 Å². The van der Waals surface area contributed by atoms with Crippen molar-refractivity contribution in [1.82, 2.24) is 0 Å². The van der Waals surface area contributed by atoms with E-state index >= 15 is 0 Å². The lowest BCUT2D eigenvalue weighted by molar-refractivity contribution is 0.425. The van der Waals surface area contributed by atoms with Gasteiger partial charge in [-0.15, -0.1) is 0 Å². The van der Waals surface area contributed by atoms with Gasteiger partial charge in [-0.25, -0.2) is 0 Å². The van der Waals surface area contributed by atoms with Gasteiger partial charge < -0.3 is 0 Å². The summed E-state index contributed by atoms with van der Waals surface area (Å²) >= 11 is 0. The largest absolute Gasteiger partial charge is 0.139 e. The molecule has 8 heavy (non-hydrogen) atoms. The van der Waals surface area contributed by atoms with Gasteiger partial charge in [-0.1, -0.05) is 38.2 Å². The second kappa shape index (κ2) is 1.79. The fraction of sp³-hybridized carbons (Fsp3) is 1.00. The zero-order chi connectivity index (χ0) is 5.40. The quantitative estimate of drug-likeness (QED) is 0.417. The van der Waals surface area contributed by atoms with Crippen molar-refractivity contribution >= 4 is 6.71 Å². The molecule has 3 rings (SSSR count). The summed E-state index contributed by atoms with van der Waals surface area (Å²) in [4.78, 5) is 0. The minimum Gasteiger partial charge on any atom is -0.0739 e. The molecule has 3 saturated heterocycles. The minimum atomic E-state index is 1.15. The van der Waals surface area contributed by atoms with Crippen LogP contribution in [0.1, 0.15) is 19.3 Å². The van der Waals surface area contributed by atoms with Crippen LogP contribution in [0.2, 0.25) is 19.0 Å². The Kier molecular flexibility index (Phi) is 1.09. The van der Waals surface area contributed by atoms with Gasteiger partial charge >= 0.3 is 0 Å². The van der Waals surface area contributed by atoms with Gasteiger partial charge in [0.25, 0.3) is 0 Å². The molecule has 0 N–H and O–H groups in total. The van der Waals surface area contributed by atoms with Crippen molar-refractivity contribution in [2.75, 3.05) is 0 Å². The molecule has 0 aromatic heterocycles. The van der Waals surface area contributed by atoms with E-state index in [4.69, 9.17) is 0 Å². The molecule has 0 amide bonds. The summed E-state index contributed by atoms with van der Waals surface area (Å²) in [5.74, 6) is 1.15. The van der Waals surface area contributed by atoms with Gasteiger partial charge in [0.1, 0.15) is 6.71 Å². The van der Waals surface area contributed by atoms with E-state index in [1.807, 2.05) is 0 Å². The Balaban J connectivity index is 2.03. The molecule has 1 heteroatoms. The highest BCUT2D eigenvalue weighted by atomic mass is 14.2. The highest BCUT2D eigenvalue weighted by molar-refractivity contribution is 6.59. The Labute approximate surface area is 51.7 Å². The van der Waals surface area contributed by atoms with E-state index < -0.39 is 0 Å². The van der Waals surface area contributed by atoms with E-state index in [1.54, 1.807) is 38.2 Å². The van der Waals surface area contributed by atoms with Gasteiger partial charge in [0, 0.05) is 0 Å². The summed E-state index contributed by atoms with van der Waals surface area (Å²) in [5.41, 5.74) is 0. The molecule has 0 nitrogen and oxygen atoms in total. The molecule has 3 heterocycles. The van der Waals surface area contributed by atoms with Gasteiger partial charge in [0.15, 0.2) is 0 Å². The fourth-order valence-electron chi connectivity index (χ4n) is 2.28. The fourth-order valence-corrected chi connectivity index (χ4v) is 2.28. The van der Waals surface area contributed by atoms with Crippen LogP contribution >= 0.6 is 0 Å². The Bertz CT molecular complexity index is 59.4. The molecule has 0 aromatic rings. The topological polar surface area (TPSA) is 0 Å². The van der Waals surface area contributed by atoms with Gasteiger partial charge in [0.05, 0.1) is 0 Å². The van der Waals surface area contributed by atoms with E-state index in [2.05, 4.69) is 0 Å². The molecule has 0 saturated carbocycles. The van der Waals surface area contributed by atoms with Crippen LogP contribution in [0.5, 0.6) is 0 Å². The first-order valence-electron chi connectivity index (χ1n) is 3.95. The lowest BCUT2D eigenvalue weighted by Gasteiger charge is -2.33. The Hall–Kier alpha value is 0.0649. The van der Waals surface area contributed by atoms with Crippen LogP contribution < -0.4 is 0 Å². The van der Waals surface area contributed by atoms with Crippen molar-refractivity contribution in [3.8, 4) is 0 Å². The Morgan fingerprint density at radius 1 is 0.875 bits per heavy atom. The van der Waals surface area contributed by atoms with E-state index in [0.717, 1.165) is 12.6 Å². The van der Waals surface area contributed by atoms with Gasteiger partial charge in [0.2, 0.25) is 0 Å². The summed E-state index contributed by atoms with van der Waals surface area (Å²) in [7, 11) is 0. The summed E-state index contributed by atoms with van der Waals surface area (Å²) < 4.78 is 0. The summed E-state index contributed by atoms with van der Waals surface area (Å²) in [6.07, 6.45) is 9.36. The zero-order valence-electron chi connectivity index (χ0n) is 5.40. The highest BCUT2D eigenvalue weighted by Crippen LogP contribution is 2.37. The molecule has 3 fully saturated rings. The van der Waals surface area contributed by atoms with E-state index in [-0.39, 0.29) is 0 Å². The minimum absolute atomic E-state index is 1.15. The van der Waals surface area contributed by atoms with Crippen LogP contribution in [-0.2, 0) is 0 Å². The molecule has 44 valence electrons. The average Bonchev–Trinajstić information content (AvgIpc) is 1.92. The lowest BCUT2D eigenvalue weighted by Crippen LogP contribution is -2.27. The first-order chi connectivity index (χ1) is 3.95. The molecule has 0 atom stereocenters. The Morgan fingerprint density at radius 3 is 1.50 bits per heavy atom. The number of hydrogen-bond donors (Lipinski definition) is 0. The zero-order valence-corrected chi connectivity index (χ0v) is 5.40. The molecule has 0 aliphatic carbocycles. The standard InChI is InChI=1S/C7H13B/c1-4-8-5-2-7(1)3-6-8/h7H,1-6H2. The maximum absolute atomic E-state index is 1.56. The first-order valence-corrected chi connectivity index (χ1v) is 3.95. The summed E-state index contributed by atoms with van der Waals surface area (Å²) in [6, 6.07) is 0. The molecular weight excluding hydrogens is 94.9 g/mol. The van der Waals surface area contributed by atoms with Gasteiger partial charge in [-0.05, 0) is 5.92 Å². The number of hydrogen-bond acceptors (Lipinski definition) is 0. The van der Waals surface area contributed by atoms with Crippen molar-refractivity contribution in [2.45, 2.75) is 38.2 Å². The lowest BCUT2D eigenvalue weighted by atomic mass is 9.34. The number of rotatable bonds is 0. The van der Waals surface area contributed by atoms with Crippen molar-refractivity contribution in [2.24, 2.45) is 5.92 Å². The molecule has 0 unspecified atom stereocenters. The van der Waals surface area contributed by atoms with E-state index in [0.29, 0.717) is 0 Å². The van der Waals surface area contributed by atoms with Crippen molar-refractivity contribution < 1.29 is 0 Å². The molecule has 3 aliphatic heterocycles. The van der Waals surface area contributed by atoms with E-state index in [9.17, 15) is 0 Å². The predicted molar refractivity (Wildman–Crippen MR) is 37.5 cm³/mol. The molecular formula is C7H13B. The predicted octanol–water partition coefficient (Wildman–Crippen LogP) is 2.29. The first kappa shape index (κ1) is 4.90. The second-order valence-electron chi connectivity index (χ2n) is 3.46. The van der Waals surface area contributed by atoms with Crippen LogP contribution in [0.3, 0.4) is 0 Å². The van der Waals surface area contributed by atoms with Gasteiger partial charge in [-0.2, -0.15) is 0 Å². The maximum atomic E-state index is 1.56. The van der Waals surface area contributed by atoms with Crippen LogP contribution in [0.15, 0.2) is 0 Å². The smallest absolute Gasteiger partial charge is 0.0739 e. The van der Waals surface area contributed by atoms with Crippen LogP contribution in [0.4, 0.5) is 0 Å². The third-order valence-electron chi connectivity index (χ3n) is 2.95. The van der Waals surface area contributed by atoms with Gasteiger partial charge in [-0.3, -0.25) is 0 Å². The Morgan fingerprint density at radius 2 is 1.38 bits per heavy atom. The molecule has 0 spiro atoms. The van der Waals surface area contributed by atoms with Crippen LogP contribution in [-0.4, -0.2) is 6.71 Å². The van der Waals surface area contributed by atoms with E-state index in [1.165, 1.54) is 0 Å². The number of fused-ring (bicyclic) bond motifs is 3. The molecule has 0 aromatic carbocycles. The highest BCUT2D eigenvalue weighted by Gasteiger charge is 2.29. The molecule has 2 bridgehead atoms. The summed E-state index contributed by atoms with van der Waals surface area (Å²) in [5, 5.41) is 0. The SMILES string of the molecule is C1CC2CCB1CC2. The third-order valence-corrected chi connectivity index (χ3v) is 2.95. The van der Waals surface area contributed by atoms with Crippen molar-refractivity contribution in [3.05, 3.63) is 0 Å².